The third-order valence-electron chi connectivity index (χ3n) is 5.87. The van der Waals surface area contributed by atoms with Gasteiger partial charge in [-0.15, -0.1) is 0 Å². The number of ether oxygens (including phenoxy) is 2. The lowest BCUT2D eigenvalue weighted by Gasteiger charge is -2.31. The van der Waals surface area contributed by atoms with E-state index in [-0.39, 0.29) is 18.4 Å². The summed E-state index contributed by atoms with van der Waals surface area (Å²) in [6.07, 6.45) is 9.77. The topological polar surface area (TPSA) is 73.7 Å². The summed E-state index contributed by atoms with van der Waals surface area (Å²) in [5.41, 5.74) is 1.14. The highest BCUT2D eigenvalue weighted by Crippen LogP contribution is 2.34. The fourth-order valence-corrected chi connectivity index (χ4v) is 4.33. The second kappa shape index (κ2) is 9.35. The predicted molar refractivity (Wildman–Crippen MR) is 100 cm³/mol. The summed E-state index contributed by atoms with van der Waals surface area (Å²) in [6.45, 7) is 1.60. The highest BCUT2D eigenvalue weighted by molar-refractivity contribution is 5.84. The van der Waals surface area contributed by atoms with Gasteiger partial charge in [0, 0.05) is 50.3 Å². The van der Waals surface area contributed by atoms with E-state index in [2.05, 4.69) is 4.57 Å². The van der Waals surface area contributed by atoms with Crippen LogP contribution in [0.3, 0.4) is 0 Å². The molecule has 7 nitrogen and oxygen atoms in total. The second-order valence-electron chi connectivity index (χ2n) is 7.61. The summed E-state index contributed by atoms with van der Waals surface area (Å²) < 4.78 is 12.2. The minimum atomic E-state index is -0.403. The van der Waals surface area contributed by atoms with Gasteiger partial charge in [-0.3, -0.25) is 9.59 Å². The Morgan fingerprint density at radius 2 is 2.00 bits per heavy atom. The predicted octanol–water partition coefficient (Wildman–Crippen LogP) is 2.14. The molecule has 0 spiro atoms. The first-order valence-electron chi connectivity index (χ1n) is 10.0. The smallest absolute Gasteiger partial charge is 0.325 e. The minimum absolute atomic E-state index is 0.00381. The first-order chi connectivity index (χ1) is 13.1. The van der Waals surface area contributed by atoms with Gasteiger partial charge in [0.15, 0.2) is 0 Å². The highest BCUT2D eigenvalue weighted by atomic mass is 16.5. The van der Waals surface area contributed by atoms with E-state index in [1.165, 1.54) is 45.0 Å². The van der Waals surface area contributed by atoms with Crippen molar-refractivity contribution in [2.24, 2.45) is 5.92 Å². The minimum Gasteiger partial charge on any atom is -0.468 e. The van der Waals surface area contributed by atoms with Crippen molar-refractivity contribution in [3.8, 4) is 0 Å². The standard InChI is InChI=1S/C20H31N3O4/c1-26-11-10-22(14-18(24)27-2)20(25)16-8-9-23-17(12-16)13-21-19(23)15-6-4-3-5-7-15/h13,15-16H,3-12,14H2,1-2H3. The van der Waals surface area contributed by atoms with Gasteiger partial charge in [-0.05, 0) is 19.3 Å². The number of methoxy groups -OCH3 is 2. The Morgan fingerprint density at radius 3 is 2.70 bits per heavy atom. The summed E-state index contributed by atoms with van der Waals surface area (Å²) in [7, 11) is 2.93. The van der Waals surface area contributed by atoms with Gasteiger partial charge in [0.1, 0.15) is 12.4 Å². The zero-order chi connectivity index (χ0) is 19.2. The number of nitrogens with zero attached hydrogens (tertiary/aromatic N) is 3. The van der Waals surface area contributed by atoms with E-state index >= 15 is 0 Å². The molecule has 7 heteroatoms. The zero-order valence-corrected chi connectivity index (χ0v) is 16.5. The van der Waals surface area contributed by atoms with Crippen LogP contribution in [0.5, 0.6) is 0 Å². The number of hydrogen-bond acceptors (Lipinski definition) is 5. The van der Waals surface area contributed by atoms with Crippen LogP contribution in [0.15, 0.2) is 6.20 Å². The van der Waals surface area contributed by atoms with Crippen molar-refractivity contribution in [2.75, 3.05) is 33.9 Å². The number of esters is 1. The summed E-state index contributed by atoms with van der Waals surface area (Å²) in [5, 5.41) is 0. The average molecular weight is 377 g/mol. The third-order valence-corrected chi connectivity index (χ3v) is 5.87. The number of aromatic nitrogens is 2. The molecule has 3 rings (SSSR count). The summed E-state index contributed by atoms with van der Waals surface area (Å²) >= 11 is 0. The van der Waals surface area contributed by atoms with E-state index in [1.54, 1.807) is 12.0 Å². The molecule has 1 aromatic heterocycles. The molecule has 1 amide bonds. The lowest BCUT2D eigenvalue weighted by atomic mass is 9.88. The quantitative estimate of drug-likeness (QED) is 0.681. The lowest BCUT2D eigenvalue weighted by Crippen LogP contribution is -2.43. The Morgan fingerprint density at radius 1 is 1.22 bits per heavy atom. The van der Waals surface area contributed by atoms with Gasteiger partial charge in [-0.1, -0.05) is 19.3 Å². The number of fused-ring (bicyclic) bond motifs is 1. The number of hydrogen-bond donors (Lipinski definition) is 0. The van der Waals surface area contributed by atoms with Crippen LogP contribution in [0, 0.1) is 5.92 Å². The van der Waals surface area contributed by atoms with Gasteiger partial charge in [-0.2, -0.15) is 0 Å². The van der Waals surface area contributed by atoms with Crippen LogP contribution >= 0.6 is 0 Å². The normalized spacial score (nSPS) is 20.1. The number of amides is 1. The molecule has 1 fully saturated rings. The number of carbonyl (C=O) groups excluding carboxylic acids is 2. The van der Waals surface area contributed by atoms with E-state index in [1.807, 2.05) is 6.20 Å². The molecule has 1 unspecified atom stereocenters. The first kappa shape index (κ1) is 19.9. The maximum atomic E-state index is 13.0. The van der Waals surface area contributed by atoms with Crippen molar-refractivity contribution in [2.45, 2.75) is 57.4 Å². The first-order valence-corrected chi connectivity index (χ1v) is 10.0. The molecule has 1 aromatic rings. The molecule has 2 aliphatic rings. The van der Waals surface area contributed by atoms with Crippen LogP contribution in [-0.2, 0) is 32.0 Å². The molecule has 0 aromatic carbocycles. The number of imidazole rings is 1. The van der Waals surface area contributed by atoms with E-state index in [4.69, 9.17) is 14.5 Å². The van der Waals surface area contributed by atoms with E-state index < -0.39 is 5.97 Å². The molecule has 0 bridgehead atoms. The fraction of sp³-hybridized carbons (Fsp3) is 0.750. The fourth-order valence-electron chi connectivity index (χ4n) is 4.33. The van der Waals surface area contributed by atoms with Crippen LogP contribution in [0.25, 0.3) is 0 Å². The van der Waals surface area contributed by atoms with E-state index in [0.717, 1.165) is 18.7 Å². The van der Waals surface area contributed by atoms with Crippen molar-refractivity contribution >= 4 is 11.9 Å². The van der Waals surface area contributed by atoms with Crippen molar-refractivity contribution < 1.29 is 19.1 Å². The van der Waals surface area contributed by atoms with Crippen molar-refractivity contribution in [3.05, 3.63) is 17.7 Å². The van der Waals surface area contributed by atoms with Gasteiger partial charge < -0.3 is 18.9 Å². The van der Waals surface area contributed by atoms with Gasteiger partial charge in [-0.25, -0.2) is 4.98 Å². The average Bonchev–Trinajstić information content (AvgIpc) is 3.14. The molecule has 150 valence electrons. The van der Waals surface area contributed by atoms with Crippen molar-refractivity contribution in [3.63, 3.8) is 0 Å². The summed E-state index contributed by atoms with van der Waals surface area (Å²) in [6, 6.07) is 0. The second-order valence-corrected chi connectivity index (χ2v) is 7.61. The maximum Gasteiger partial charge on any atom is 0.325 e. The van der Waals surface area contributed by atoms with Gasteiger partial charge in [0.05, 0.1) is 13.7 Å². The Labute approximate surface area is 161 Å². The summed E-state index contributed by atoms with van der Waals surface area (Å²) in [4.78, 5) is 31.0. The van der Waals surface area contributed by atoms with Gasteiger partial charge in [0.25, 0.3) is 0 Å². The summed E-state index contributed by atoms with van der Waals surface area (Å²) in [5.74, 6) is 1.26. The van der Waals surface area contributed by atoms with Crippen LogP contribution < -0.4 is 0 Å². The van der Waals surface area contributed by atoms with Crippen LogP contribution in [0.2, 0.25) is 0 Å². The van der Waals surface area contributed by atoms with Crippen molar-refractivity contribution in [1.29, 1.82) is 0 Å². The molecule has 27 heavy (non-hydrogen) atoms. The van der Waals surface area contributed by atoms with Crippen LogP contribution in [0.4, 0.5) is 0 Å². The Kier molecular flexibility index (Phi) is 6.88. The van der Waals surface area contributed by atoms with Gasteiger partial charge in [0.2, 0.25) is 5.91 Å². The van der Waals surface area contributed by atoms with Crippen LogP contribution in [0.1, 0.15) is 56.0 Å². The van der Waals surface area contributed by atoms with E-state index in [0.29, 0.717) is 25.5 Å². The number of rotatable bonds is 7. The molecule has 0 saturated heterocycles. The largest absolute Gasteiger partial charge is 0.468 e. The van der Waals surface area contributed by atoms with Crippen molar-refractivity contribution in [1.82, 2.24) is 14.5 Å². The molecule has 1 aliphatic carbocycles. The molecule has 1 saturated carbocycles. The molecular weight excluding hydrogens is 346 g/mol. The monoisotopic (exact) mass is 377 g/mol. The number of carbonyl (C=O) groups is 2. The Bertz CT molecular complexity index is 652. The molecule has 1 atom stereocenters. The third kappa shape index (κ3) is 4.69. The SMILES string of the molecule is COCCN(CC(=O)OC)C(=O)C1CCn2c(cnc2C2CCCCC2)C1. The molecule has 0 N–H and O–H groups in total. The molecule has 2 heterocycles. The maximum absolute atomic E-state index is 13.0. The lowest BCUT2D eigenvalue weighted by molar-refractivity contribution is -0.149. The molecular formula is C20H31N3O4. The Hall–Kier alpha value is -1.89. The Balaban J connectivity index is 1.67. The molecule has 1 aliphatic heterocycles. The van der Waals surface area contributed by atoms with Crippen LogP contribution in [-0.4, -0.2) is 60.2 Å². The van der Waals surface area contributed by atoms with E-state index in [9.17, 15) is 9.59 Å². The molecule has 0 radical (unpaired) electrons. The highest BCUT2D eigenvalue weighted by Gasteiger charge is 2.32. The van der Waals surface area contributed by atoms with Gasteiger partial charge >= 0.3 is 5.97 Å². The zero-order valence-electron chi connectivity index (χ0n) is 16.5.